The summed E-state index contributed by atoms with van der Waals surface area (Å²) in [7, 11) is 3.29. The van der Waals surface area contributed by atoms with E-state index < -0.39 is 0 Å². The van der Waals surface area contributed by atoms with Crippen LogP contribution in [0.15, 0.2) is 22.6 Å². The van der Waals surface area contributed by atoms with Crippen molar-refractivity contribution in [2.45, 2.75) is 39.5 Å². The first-order valence-electron chi connectivity index (χ1n) is 9.08. The zero-order valence-corrected chi connectivity index (χ0v) is 16.2. The summed E-state index contributed by atoms with van der Waals surface area (Å²) < 4.78 is 16.6. The summed E-state index contributed by atoms with van der Waals surface area (Å²) in [5.74, 6) is 3.34. The molecule has 0 spiro atoms. The molecule has 140 valence electrons. The number of aryl methyl sites for hydroxylation is 1. The van der Waals surface area contributed by atoms with E-state index >= 15 is 0 Å². The average molecular weight is 357 g/mol. The second-order valence-corrected chi connectivity index (χ2v) is 7.04. The summed E-state index contributed by atoms with van der Waals surface area (Å²) in [5, 5.41) is 0. The molecule has 1 aliphatic rings. The highest BCUT2D eigenvalue weighted by Gasteiger charge is 2.25. The van der Waals surface area contributed by atoms with Crippen molar-refractivity contribution in [1.29, 1.82) is 0 Å². The third-order valence-electron chi connectivity index (χ3n) is 5.03. The molecule has 0 saturated heterocycles. The second-order valence-electron chi connectivity index (χ2n) is 7.04. The molecule has 5 heteroatoms. The number of carbonyl (C=O) groups excluding carboxylic acids is 1. The first-order valence-corrected chi connectivity index (χ1v) is 9.08. The Morgan fingerprint density at radius 3 is 2.00 bits per heavy atom. The average Bonchev–Trinajstić information content (AvgIpc) is 2.91. The summed E-state index contributed by atoms with van der Waals surface area (Å²) in [5.41, 5.74) is 3.10. The van der Waals surface area contributed by atoms with Crippen molar-refractivity contribution < 1.29 is 18.7 Å². The predicted octanol–water partition coefficient (Wildman–Crippen LogP) is 3.97. The third kappa shape index (κ3) is 3.43. The van der Waals surface area contributed by atoms with Gasteiger partial charge in [-0.3, -0.25) is 4.79 Å². The van der Waals surface area contributed by atoms with Gasteiger partial charge in [0.05, 0.1) is 19.8 Å². The van der Waals surface area contributed by atoms with E-state index in [0.29, 0.717) is 24.4 Å². The Hall–Kier alpha value is -2.43. The number of furan rings is 1. The fraction of sp³-hybridized carbons (Fsp3) is 0.476. The smallest absolute Gasteiger partial charge is 0.257 e. The maximum atomic E-state index is 13.0. The summed E-state index contributed by atoms with van der Waals surface area (Å²) in [6.45, 7) is 7.36. The highest BCUT2D eigenvalue weighted by molar-refractivity contribution is 5.95. The standard InChI is InChI=1S/C21H27NO4/c1-13(2)18-12-17(14(3)26-18)21(23)22-8-6-15-10-19(24-4)20(25-5)11-16(15)7-9-22/h10-13H,6-9H2,1-5H3. The lowest BCUT2D eigenvalue weighted by Crippen LogP contribution is -2.33. The number of hydrogen-bond donors (Lipinski definition) is 0. The lowest BCUT2D eigenvalue weighted by Gasteiger charge is -2.19. The van der Waals surface area contributed by atoms with Gasteiger partial charge in [0.1, 0.15) is 11.5 Å². The Balaban J connectivity index is 1.81. The van der Waals surface area contributed by atoms with Crippen LogP contribution in [0.4, 0.5) is 0 Å². The first kappa shape index (κ1) is 18.4. The summed E-state index contributed by atoms with van der Waals surface area (Å²) >= 11 is 0. The molecule has 0 N–H and O–H groups in total. The van der Waals surface area contributed by atoms with Crippen LogP contribution in [-0.4, -0.2) is 38.1 Å². The number of amides is 1. The maximum Gasteiger partial charge on any atom is 0.257 e. The number of carbonyl (C=O) groups is 1. The van der Waals surface area contributed by atoms with Gasteiger partial charge in [0, 0.05) is 19.0 Å². The fourth-order valence-corrected chi connectivity index (χ4v) is 3.43. The van der Waals surface area contributed by atoms with Crippen LogP contribution in [0.3, 0.4) is 0 Å². The molecule has 2 heterocycles. The molecule has 1 aliphatic heterocycles. The van der Waals surface area contributed by atoms with E-state index in [0.717, 1.165) is 30.1 Å². The molecular formula is C21H27NO4. The lowest BCUT2D eigenvalue weighted by molar-refractivity contribution is 0.0761. The molecule has 0 saturated carbocycles. The van der Waals surface area contributed by atoms with E-state index in [2.05, 4.69) is 13.8 Å². The normalized spacial score (nSPS) is 14.2. The molecule has 0 aliphatic carbocycles. The van der Waals surface area contributed by atoms with Crippen LogP contribution in [0.1, 0.15) is 52.8 Å². The number of rotatable bonds is 4. The van der Waals surface area contributed by atoms with Gasteiger partial charge in [-0.15, -0.1) is 0 Å². The topological polar surface area (TPSA) is 51.9 Å². The molecule has 5 nitrogen and oxygen atoms in total. The minimum atomic E-state index is 0.0462. The molecular weight excluding hydrogens is 330 g/mol. The Kier molecular flexibility index (Phi) is 5.25. The lowest BCUT2D eigenvalue weighted by atomic mass is 10.0. The Bertz CT molecular complexity index is 772. The van der Waals surface area contributed by atoms with Gasteiger partial charge in [-0.05, 0) is 49.1 Å². The molecule has 1 aromatic carbocycles. The Morgan fingerprint density at radius 1 is 1.04 bits per heavy atom. The first-order chi connectivity index (χ1) is 12.4. The van der Waals surface area contributed by atoms with Crippen molar-refractivity contribution in [3.8, 4) is 11.5 Å². The van der Waals surface area contributed by atoms with Crippen molar-refractivity contribution in [3.05, 3.63) is 46.4 Å². The minimum absolute atomic E-state index is 0.0462. The van der Waals surface area contributed by atoms with Gasteiger partial charge in [-0.25, -0.2) is 0 Å². The quantitative estimate of drug-likeness (QED) is 0.831. The van der Waals surface area contributed by atoms with Crippen LogP contribution in [0.5, 0.6) is 11.5 Å². The van der Waals surface area contributed by atoms with Gasteiger partial charge in [-0.1, -0.05) is 13.8 Å². The molecule has 0 fully saturated rings. The summed E-state index contributed by atoms with van der Waals surface area (Å²) in [6.07, 6.45) is 1.60. The second kappa shape index (κ2) is 7.44. The Labute approximate surface area is 154 Å². The molecule has 0 radical (unpaired) electrons. The van der Waals surface area contributed by atoms with E-state index in [9.17, 15) is 4.79 Å². The number of nitrogens with zero attached hydrogens (tertiary/aromatic N) is 1. The van der Waals surface area contributed by atoms with Crippen LogP contribution < -0.4 is 9.47 Å². The maximum absolute atomic E-state index is 13.0. The number of methoxy groups -OCH3 is 2. The summed E-state index contributed by atoms with van der Waals surface area (Å²) in [4.78, 5) is 14.9. The number of fused-ring (bicyclic) bond motifs is 1. The van der Waals surface area contributed by atoms with Gasteiger partial charge in [0.2, 0.25) is 0 Å². The monoisotopic (exact) mass is 357 g/mol. The molecule has 0 unspecified atom stereocenters. The van der Waals surface area contributed by atoms with Crippen molar-refractivity contribution in [2.24, 2.45) is 0 Å². The van der Waals surface area contributed by atoms with E-state index in [4.69, 9.17) is 13.9 Å². The van der Waals surface area contributed by atoms with Crippen LogP contribution in [0.2, 0.25) is 0 Å². The van der Waals surface area contributed by atoms with Gasteiger partial charge in [-0.2, -0.15) is 0 Å². The number of hydrogen-bond acceptors (Lipinski definition) is 4. The highest BCUT2D eigenvalue weighted by atomic mass is 16.5. The van der Waals surface area contributed by atoms with E-state index in [-0.39, 0.29) is 11.8 Å². The Morgan fingerprint density at radius 2 is 1.58 bits per heavy atom. The molecule has 0 atom stereocenters. The predicted molar refractivity (Wildman–Crippen MR) is 100 cm³/mol. The molecule has 3 rings (SSSR count). The molecule has 26 heavy (non-hydrogen) atoms. The minimum Gasteiger partial charge on any atom is -0.493 e. The van der Waals surface area contributed by atoms with Crippen molar-refractivity contribution in [1.82, 2.24) is 4.90 Å². The fourth-order valence-electron chi connectivity index (χ4n) is 3.43. The molecule has 2 aromatic rings. The number of ether oxygens (including phenoxy) is 2. The van der Waals surface area contributed by atoms with E-state index in [1.54, 1.807) is 14.2 Å². The molecule has 0 bridgehead atoms. The van der Waals surface area contributed by atoms with Crippen molar-refractivity contribution in [2.75, 3.05) is 27.3 Å². The molecule has 1 amide bonds. The zero-order chi connectivity index (χ0) is 18.8. The van der Waals surface area contributed by atoms with Crippen LogP contribution in [0, 0.1) is 6.92 Å². The van der Waals surface area contributed by atoms with Gasteiger partial charge < -0.3 is 18.8 Å². The van der Waals surface area contributed by atoms with Crippen LogP contribution in [0.25, 0.3) is 0 Å². The zero-order valence-electron chi connectivity index (χ0n) is 16.2. The van der Waals surface area contributed by atoms with Crippen LogP contribution >= 0.6 is 0 Å². The third-order valence-corrected chi connectivity index (χ3v) is 5.03. The SMILES string of the molecule is COc1cc2c(cc1OC)CCN(C(=O)c1cc(C(C)C)oc1C)CC2. The van der Waals surface area contributed by atoms with Crippen molar-refractivity contribution in [3.63, 3.8) is 0 Å². The van der Waals surface area contributed by atoms with Gasteiger partial charge in [0.15, 0.2) is 11.5 Å². The number of benzene rings is 1. The van der Waals surface area contributed by atoms with E-state index in [1.165, 1.54) is 11.1 Å². The highest BCUT2D eigenvalue weighted by Crippen LogP contribution is 2.32. The summed E-state index contributed by atoms with van der Waals surface area (Å²) in [6, 6.07) is 5.96. The van der Waals surface area contributed by atoms with Crippen molar-refractivity contribution >= 4 is 5.91 Å². The molecule has 1 aromatic heterocycles. The van der Waals surface area contributed by atoms with Crippen LogP contribution in [-0.2, 0) is 12.8 Å². The van der Waals surface area contributed by atoms with Gasteiger partial charge >= 0.3 is 0 Å². The van der Waals surface area contributed by atoms with Gasteiger partial charge in [0.25, 0.3) is 5.91 Å². The van der Waals surface area contributed by atoms with E-state index in [1.807, 2.05) is 30.0 Å². The largest absolute Gasteiger partial charge is 0.493 e.